The number of benzene rings is 1. The first-order valence-electron chi connectivity index (χ1n) is 5.33. The Morgan fingerprint density at radius 2 is 2.06 bits per heavy atom. The molecule has 1 unspecified atom stereocenters. The third kappa shape index (κ3) is 1.61. The molecule has 0 bridgehead atoms. The van der Waals surface area contributed by atoms with Gasteiger partial charge in [-0.15, -0.1) is 0 Å². The van der Waals surface area contributed by atoms with Crippen molar-refractivity contribution in [1.82, 2.24) is 0 Å². The molecular weight excluding hydrogens is 240 g/mol. The highest BCUT2D eigenvalue weighted by Gasteiger charge is 2.38. The summed E-state index contributed by atoms with van der Waals surface area (Å²) in [5.41, 5.74) is 1.10. The van der Waals surface area contributed by atoms with E-state index in [4.69, 9.17) is 14.2 Å². The van der Waals surface area contributed by atoms with Gasteiger partial charge in [0.2, 0.25) is 6.29 Å². The standard InChI is InChI=1S/C12H14O6/c1-5-9(13)6(4-16-2)7-8(10(5)17-3)12(15)18-11(7)14/h11,13-14H,4H2,1-3H3. The summed E-state index contributed by atoms with van der Waals surface area (Å²) in [7, 11) is 2.84. The lowest BCUT2D eigenvalue weighted by Gasteiger charge is -2.16. The number of aromatic hydroxyl groups is 1. The normalized spacial score (nSPS) is 17.6. The minimum Gasteiger partial charge on any atom is -0.507 e. The Kier molecular flexibility index (Phi) is 3.14. The molecule has 0 spiro atoms. The van der Waals surface area contributed by atoms with Crippen LogP contribution >= 0.6 is 0 Å². The lowest BCUT2D eigenvalue weighted by Crippen LogP contribution is -2.05. The van der Waals surface area contributed by atoms with Crippen molar-refractivity contribution in [3.05, 3.63) is 22.3 Å². The van der Waals surface area contributed by atoms with E-state index in [0.29, 0.717) is 11.1 Å². The molecule has 6 heteroatoms. The number of cyclic esters (lactones) is 1. The number of ether oxygens (including phenoxy) is 3. The van der Waals surface area contributed by atoms with Crippen molar-refractivity contribution in [3.63, 3.8) is 0 Å². The fourth-order valence-electron chi connectivity index (χ4n) is 2.16. The minimum atomic E-state index is -1.40. The highest BCUT2D eigenvalue weighted by atomic mass is 16.6. The van der Waals surface area contributed by atoms with E-state index in [1.54, 1.807) is 6.92 Å². The largest absolute Gasteiger partial charge is 0.507 e. The molecule has 18 heavy (non-hydrogen) atoms. The fraction of sp³-hybridized carbons (Fsp3) is 0.417. The first kappa shape index (κ1) is 12.7. The molecule has 0 amide bonds. The minimum absolute atomic E-state index is 0.0622. The molecule has 0 saturated heterocycles. The average molecular weight is 254 g/mol. The SMILES string of the molecule is COCc1c(O)c(C)c(OC)c2c1C(O)OC2=O. The van der Waals surface area contributed by atoms with E-state index in [0.717, 1.165) is 0 Å². The molecule has 0 aromatic heterocycles. The van der Waals surface area contributed by atoms with Gasteiger partial charge in [-0.05, 0) is 6.92 Å². The Balaban J connectivity index is 2.79. The molecule has 98 valence electrons. The van der Waals surface area contributed by atoms with Crippen molar-refractivity contribution in [2.75, 3.05) is 14.2 Å². The van der Waals surface area contributed by atoms with Gasteiger partial charge in [0, 0.05) is 23.8 Å². The van der Waals surface area contributed by atoms with Crippen LogP contribution in [0.15, 0.2) is 0 Å². The second kappa shape index (κ2) is 4.47. The zero-order chi connectivity index (χ0) is 13.4. The maximum atomic E-state index is 11.7. The molecular formula is C12H14O6. The number of fused-ring (bicyclic) bond motifs is 1. The third-order valence-electron chi connectivity index (χ3n) is 2.97. The molecule has 2 N–H and O–H groups in total. The van der Waals surface area contributed by atoms with Crippen molar-refractivity contribution in [2.24, 2.45) is 0 Å². The van der Waals surface area contributed by atoms with Gasteiger partial charge >= 0.3 is 5.97 Å². The van der Waals surface area contributed by atoms with Crippen LogP contribution in [0.5, 0.6) is 11.5 Å². The van der Waals surface area contributed by atoms with E-state index in [-0.39, 0.29) is 29.2 Å². The highest BCUT2D eigenvalue weighted by molar-refractivity contribution is 5.98. The molecule has 6 nitrogen and oxygen atoms in total. The van der Waals surface area contributed by atoms with Gasteiger partial charge in [0.15, 0.2) is 0 Å². The number of esters is 1. The van der Waals surface area contributed by atoms with Gasteiger partial charge in [0.25, 0.3) is 0 Å². The van der Waals surface area contributed by atoms with Gasteiger partial charge < -0.3 is 24.4 Å². The van der Waals surface area contributed by atoms with Crippen LogP contribution < -0.4 is 4.74 Å². The summed E-state index contributed by atoms with van der Waals surface area (Å²) in [5, 5.41) is 19.8. The topological polar surface area (TPSA) is 85.2 Å². The fourth-order valence-corrected chi connectivity index (χ4v) is 2.16. The van der Waals surface area contributed by atoms with E-state index >= 15 is 0 Å². The van der Waals surface area contributed by atoms with Crippen LogP contribution in [-0.2, 0) is 16.1 Å². The van der Waals surface area contributed by atoms with Crippen molar-refractivity contribution in [1.29, 1.82) is 0 Å². The Hall–Kier alpha value is -1.79. The number of phenolic OH excluding ortho intramolecular Hbond substituents is 1. The summed E-state index contributed by atoms with van der Waals surface area (Å²) in [6.45, 7) is 1.68. The van der Waals surface area contributed by atoms with Crippen molar-refractivity contribution in [2.45, 2.75) is 19.8 Å². The van der Waals surface area contributed by atoms with Gasteiger partial charge in [-0.25, -0.2) is 4.79 Å². The van der Waals surface area contributed by atoms with Crippen LogP contribution in [-0.4, -0.2) is 30.4 Å². The molecule has 1 heterocycles. The summed E-state index contributed by atoms with van der Waals surface area (Å²) >= 11 is 0. The average Bonchev–Trinajstić information content (AvgIpc) is 2.61. The zero-order valence-corrected chi connectivity index (χ0v) is 10.3. The summed E-state index contributed by atoms with van der Waals surface area (Å²) in [4.78, 5) is 11.7. The van der Waals surface area contributed by atoms with Crippen molar-refractivity contribution in [3.8, 4) is 11.5 Å². The van der Waals surface area contributed by atoms with E-state index in [2.05, 4.69) is 0 Å². The second-order valence-electron chi connectivity index (χ2n) is 3.96. The van der Waals surface area contributed by atoms with Gasteiger partial charge in [-0.2, -0.15) is 0 Å². The molecule has 0 radical (unpaired) electrons. The molecule has 1 aromatic rings. The van der Waals surface area contributed by atoms with Crippen molar-refractivity contribution >= 4 is 5.97 Å². The highest BCUT2D eigenvalue weighted by Crippen LogP contribution is 2.45. The lowest BCUT2D eigenvalue weighted by molar-refractivity contribution is -0.0557. The Bertz CT molecular complexity index is 508. The van der Waals surface area contributed by atoms with Crippen LogP contribution in [0.1, 0.15) is 33.3 Å². The Morgan fingerprint density at radius 1 is 1.39 bits per heavy atom. The molecule has 0 saturated carbocycles. The maximum absolute atomic E-state index is 11.7. The molecule has 2 rings (SSSR count). The maximum Gasteiger partial charge on any atom is 0.345 e. The number of carbonyl (C=O) groups excluding carboxylic acids is 1. The third-order valence-corrected chi connectivity index (χ3v) is 2.97. The van der Waals surface area contributed by atoms with E-state index in [1.807, 2.05) is 0 Å². The first-order chi connectivity index (χ1) is 8.52. The summed E-state index contributed by atoms with van der Waals surface area (Å²) in [5.74, 6) is -0.525. The van der Waals surface area contributed by atoms with Crippen LogP contribution in [0.3, 0.4) is 0 Å². The molecule has 1 aliphatic heterocycles. The van der Waals surface area contributed by atoms with Crippen LogP contribution in [0.25, 0.3) is 0 Å². The van der Waals surface area contributed by atoms with Crippen LogP contribution in [0.4, 0.5) is 0 Å². The number of aliphatic hydroxyl groups is 1. The number of methoxy groups -OCH3 is 2. The molecule has 1 aliphatic rings. The van der Waals surface area contributed by atoms with E-state index in [9.17, 15) is 15.0 Å². The van der Waals surface area contributed by atoms with E-state index in [1.165, 1.54) is 14.2 Å². The van der Waals surface area contributed by atoms with Gasteiger partial charge in [0.05, 0.1) is 13.7 Å². The molecule has 1 atom stereocenters. The van der Waals surface area contributed by atoms with Gasteiger partial charge in [-0.3, -0.25) is 0 Å². The quantitative estimate of drug-likeness (QED) is 0.783. The number of rotatable bonds is 3. The number of phenols is 1. The Labute approximate surface area is 104 Å². The Morgan fingerprint density at radius 3 is 2.61 bits per heavy atom. The van der Waals surface area contributed by atoms with E-state index < -0.39 is 12.3 Å². The number of aliphatic hydroxyl groups excluding tert-OH is 1. The molecule has 1 aromatic carbocycles. The van der Waals surface area contributed by atoms with Crippen molar-refractivity contribution < 1.29 is 29.2 Å². The molecule has 0 aliphatic carbocycles. The first-order valence-corrected chi connectivity index (χ1v) is 5.33. The smallest absolute Gasteiger partial charge is 0.345 e. The number of carbonyl (C=O) groups is 1. The second-order valence-corrected chi connectivity index (χ2v) is 3.96. The summed E-state index contributed by atoms with van der Waals surface area (Å²) < 4.78 is 14.8. The van der Waals surface area contributed by atoms with Crippen LogP contribution in [0.2, 0.25) is 0 Å². The monoisotopic (exact) mass is 254 g/mol. The lowest BCUT2D eigenvalue weighted by atomic mass is 9.96. The molecule has 0 fully saturated rings. The predicted molar refractivity (Wildman–Crippen MR) is 60.5 cm³/mol. The predicted octanol–water partition coefficient (Wildman–Crippen LogP) is 1.02. The zero-order valence-electron chi connectivity index (χ0n) is 10.3. The number of hydrogen-bond donors (Lipinski definition) is 2. The van der Waals surface area contributed by atoms with Gasteiger partial charge in [-0.1, -0.05) is 0 Å². The van der Waals surface area contributed by atoms with Gasteiger partial charge in [0.1, 0.15) is 17.1 Å². The summed E-state index contributed by atoms with van der Waals surface area (Å²) in [6.07, 6.45) is -1.40. The summed E-state index contributed by atoms with van der Waals surface area (Å²) in [6, 6.07) is 0. The van der Waals surface area contributed by atoms with Crippen LogP contribution in [0, 0.1) is 6.92 Å². The number of hydrogen-bond acceptors (Lipinski definition) is 6.